The smallest absolute Gasteiger partial charge is 0.301 e. The van der Waals surface area contributed by atoms with Crippen LogP contribution in [0.4, 0.5) is 5.13 Å². The van der Waals surface area contributed by atoms with Gasteiger partial charge in [0.15, 0.2) is 16.6 Å². The van der Waals surface area contributed by atoms with Crippen LogP contribution in [-0.4, -0.2) is 39.0 Å². The van der Waals surface area contributed by atoms with Crippen molar-refractivity contribution < 1.29 is 24.5 Å². The van der Waals surface area contributed by atoms with Crippen molar-refractivity contribution >= 4 is 44.1 Å². The highest BCUT2D eigenvalue weighted by Gasteiger charge is 2.48. The van der Waals surface area contributed by atoms with Gasteiger partial charge in [0.1, 0.15) is 5.76 Å². The molecule has 9 heteroatoms. The lowest BCUT2D eigenvalue weighted by molar-refractivity contribution is -0.132. The second kappa shape index (κ2) is 8.52. The Hall–Kier alpha value is -4.24. The maximum Gasteiger partial charge on any atom is 0.301 e. The number of aliphatic hydroxyl groups is 1. The molecule has 1 unspecified atom stereocenters. The number of thiazole rings is 1. The monoisotopic (exact) mass is 487 g/mol. The summed E-state index contributed by atoms with van der Waals surface area (Å²) in [6.07, 6.45) is 2.98. The number of hydrogen-bond donors (Lipinski definition) is 2. The summed E-state index contributed by atoms with van der Waals surface area (Å²) in [6.45, 7) is 3.92. The van der Waals surface area contributed by atoms with Crippen LogP contribution >= 0.6 is 11.3 Å². The molecule has 1 atom stereocenters. The first-order valence-corrected chi connectivity index (χ1v) is 11.6. The zero-order chi connectivity index (χ0) is 24.9. The van der Waals surface area contributed by atoms with Crippen molar-refractivity contribution in [1.82, 2.24) is 9.97 Å². The van der Waals surface area contributed by atoms with Gasteiger partial charge in [-0.15, -0.1) is 0 Å². The summed E-state index contributed by atoms with van der Waals surface area (Å²) in [5.41, 5.74) is 3.50. The number of phenols is 1. The number of carbonyl (C=O) groups is 2. The molecular formula is C26H21N3O5S. The predicted molar refractivity (Wildman–Crippen MR) is 133 cm³/mol. The third-order valence-corrected chi connectivity index (χ3v) is 6.94. The Balaban J connectivity index is 1.77. The summed E-state index contributed by atoms with van der Waals surface area (Å²) in [5, 5.41) is 21.6. The third kappa shape index (κ3) is 3.70. The molecule has 3 heterocycles. The summed E-state index contributed by atoms with van der Waals surface area (Å²) in [5.74, 6) is -1.87. The number of Topliss-reactive ketones (excluding diaryl/α,β-unsaturated/α-hetero) is 1. The maximum atomic E-state index is 13.4. The highest BCUT2D eigenvalue weighted by molar-refractivity contribution is 7.22. The number of fused-ring (bicyclic) bond motifs is 1. The van der Waals surface area contributed by atoms with Crippen LogP contribution < -0.4 is 9.64 Å². The SMILES string of the molecule is COc1cc(C2C(=C(O)c3ccncc3)C(=O)C(=O)N2c2nc3c(C)cc(C)cc3s2)ccc1O. The number of nitrogens with zero attached hydrogens (tertiary/aromatic N) is 3. The molecule has 1 amide bonds. The zero-order valence-electron chi connectivity index (χ0n) is 19.1. The van der Waals surface area contributed by atoms with Crippen LogP contribution in [0.2, 0.25) is 0 Å². The van der Waals surface area contributed by atoms with E-state index in [2.05, 4.69) is 4.98 Å². The Kier molecular flexibility index (Phi) is 5.49. The molecule has 0 radical (unpaired) electrons. The highest BCUT2D eigenvalue weighted by Crippen LogP contribution is 2.46. The first-order chi connectivity index (χ1) is 16.8. The molecule has 1 aliphatic rings. The topological polar surface area (TPSA) is 113 Å². The molecule has 2 N–H and O–H groups in total. The second-order valence-corrected chi connectivity index (χ2v) is 9.27. The number of benzene rings is 2. The molecule has 5 rings (SSSR count). The van der Waals surface area contributed by atoms with Crippen LogP contribution in [0.15, 0.2) is 60.4 Å². The predicted octanol–water partition coefficient (Wildman–Crippen LogP) is 4.65. The number of anilines is 1. The van der Waals surface area contributed by atoms with Crippen LogP contribution in [0.1, 0.15) is 28.3 Å². The van der Waals surface area contributed by atoms with Gasteiger partial charge in [-0.1, -0.05) is 23.5 Å². The molecule has 8 nitrogen and oxygen atoms in total. The van der Waals surface area contributed by atoms with Crippen molar-refractivity contribution in [2.45, 2.75) is 19.9 Å². The number of hydrogen-bond acceptors (Lipinski definition) is 8. The Morgan fingerprint density at radius 1 is 1.09 bits per heavy atom. The van der Waals surface area contributed by atoms with Gasteiger partial charge in [0.05, 0.1) is 28.9 Å². The molecule has 1 saturated heterocycles. The first-order valence-electron chi connectivity index (χ1n) is 10.8. The van der Waals surface area contributed by atoms with Crippen molar-refractivity contribution in [3.8, 4) is 11.5 Å². The first kappa shape index (κ1) is 22.5. The third-order valence-electron chi connectivity index (χ3n) is 5.94. The largest absolute Gasteiger partial charge is 0.507 e. The second-order valence-electron chi connectivity index (χ2n) is 8.26. The Morgan fingerprint density at radius 3 is 2.54 bits per heavy atom. The maximum absolute atomic E-state index is 13.4. The van der Waals surface area contributed by atoms with Gasteiger partial charge < -0.3 is 14.9 Å². The van der Waals surface area contributed by atoms with Gasteiger partial charge >= 0.3 is 5.91 Å². The molecule has 0 spiro atoms. The van der Waals surface area contributed by atoms with E-state index in [9.17, 15) is 19.8 Å². The van der Waals surface area contributed by atoms with Crippen molar-refractivity contribution in [3.63, 3.8) is 0 Å². The van der Waals surface area contributed by atoms with Crippen molar-refractivity contribution in [2.75, 3.05) is 12.0 Å². The van der Waals surface area contributed by atoms with Crippen LogP contribution in [0.3, 0.4) is 0 Å². The van der Waals surface area contributed by atoms with E-state index in [4.69, 9.17) is 9.72 Å². The van der Waals surface area contributed by atoms with Crippen LogP contribution in [0.5, 0.6) is 11.5 Å². The quantitative estimate of drug-likeness (QED) is 0.245. The Bertz CT molecular complexity index is 1530. The fourth-order valence-corrected chi connectivity index (χ4v) is 5.51. The number of carbonyl (C=O) groups excluding carboxylic acids is 2. The Labute approximate surface area is 204 Å². The van der Waals surface area contributed by atoms with Crippen molar-refractivity contribution in [1.29, 1.82) is 0 Å². The number of pyridine rings is 1. The van der Waals surface area contributed by atoms with Gasteiger partial charge in [-0.25, -0.2) is 4.98 Å². The van der Waals surface area contributed by atoms with Gasteiger partial charge in [0.2, 0.25) is 0 Å². The molecule has 2 aromatic heterocycles. The summed E-state index contributed by atoms with van der Waals surface area (Å²) < 4.78 is 6.14. The minimum absolute atomic E-state index is 0.0823. The molecule has 1 fully saturated rings. The van der Waals surface area contributed by atoms with E-state index in [0.717, 1.165) is 21.3 Å². The average molecular weight is 488 g/mol. The Morgan fingerprint density at radius 2 is 1.83 bits per heavy atom. The zero-order valence-corrected chi connectivity index (χ0v) is 20.0. The normalized spacial score (nSPS) is 17.3. The lowest BCUT2D eigenvalue weighted by Gasteiger charge is -2.23. The number of amides is 1. The number of ether oxygens (including phenoxy) is 1. The average Bonchev–Trinajstić information content (AvgIpc) is 3.38. The number of aromatic hydroxyl groups is 1. The van der Waals surface area contributed by atoms with E-state index in [1.165, 1.54) is 41.8 Å². The molecule has 2 aromatic carbocycles. The summed E-state index contributed by atoms with van der Waals surface area (Å²) in [4.78, 5) is 36.7. The molecular weight excluding hydrogens is 466 g/mol. The minimum atomic E-state index is -0.986. The van der Waals surface area contributed by atoms with Gasteiger partial charge in [0.25, 0.3) is 5.78 Å². The fraction of sp³-hybridized carbons (Fsp3) is 0.154. The van der Waals surface area contributed by atoms with E-state index < -0.39 is 17.7 Å². The van der Waals surface area contributed by atoms with Crippen LogP contribution in [0, 0.1) is 13.8 Å². The molecule has 4 aromatic rings. The molecule has 176 valence electrons. The van der Waals surface area contributed by atoms with Gasteiger partial charge in [0, 0.05) is 18.0 Å². The molecule has 0 saturated carbocycles. The number of aromatic nitrogens is 2. The van der Waals surface area contributed by atoms with E-state index >= 15 is 0 Å². The van der Waals surface area contributed by atoms with Gasteiger partial charge in [-0.3, -0.25) is 19.5 Å². The number of aryl methyl sites for hydroxylation is 2. The molecule has 35 heavy (non-hydrogen) atoms. The van der Waals surface area contributed by atoms with E-state index in [1.54, 1.807) is 24.3 Å². The van der Waals surface area contributed by atoms with Crippen molar-refractivity contribution in [2.24, 2.45) is 0 Å². The van der Waals surface area contributed by atoms with Gasteiger partial charge in [-0.2, -0.15) is 0 Å². The lowest BCUT2D eigenvalue weighted by Crippen LogP contribution is -2.29. The standard InChI is InChI=1S/C26H21N3O5S/c1-13-10-14(2)21-19(11-13)35-26(28-21)29-22(16-4-5-17(30)18(12-16)34-3)20(24(32)25(29)33)23(31)15-6-8-27-9-7-15/h4-12,22,30-31H,1-3H3. The van der Waals surface area contributed by atoms with Gasteiger partial charge in [-0.05, 0) is 60.9 Å². The summed E-state index contributed by atoms with van der Waals surface area (Å²) >= 11 is 1.30. The lowest BCUT2D eigenvalue weighted by atomic mass is 9.95. The molecule has 1 aliphatic heterocycles. The van der Waals surface area contributed by atoms with Crippen molar-refractivity contribution in [3.05, 3.63) is 82.7 Å². The highest BCUT2D eigenvalue weighted by atomic mass is 32.1. The number of phenolic OH excluding ortho intramolecular Hbond substituents is 1. The number of rotatable bonds is 4. The number of ketones is 1. The van der Waals surface area contributed by atoms with Crippen LogP contribution in [-0.2, 0) is 9.59 Å². The van der Waals surface area contributed by atoms with E-state index in [0.29, 0.717) is 16.3 Å². The fourth-order valence-electron chi connectivity index (χ4n) is 4.34. The van der Waals surface area contributed by atoms with E-state index in [-0.39, 0.29) is 22.8 Å². The minimum Gasteiger partial charge on any atom is -0.507 e. The number of aliphatic hydroxyl groups excluding tert-OH is 1. The van der Waals surface area contributed by atoms with E-state index in [1.807, 2.05) is 26.0 Å². The summed E-state index contributed by atoms with van der Waals surface area (Å²) in [6, 6.07) is 10.7. The number of methoxy groups -OCH3 is 1. The molecule has 0 bridgehead atoms. The molecule has 0 aliphatic carbocycles. The summed E-state index contributed by atoms with van der Waals surface area (Å²) in [7, 11) is 1.41. The van der Waals surface area contributed by atoms with Crippen LogP contribution in [0.25, 0.3) is 16.0 Å².